The van der Waals surface area contributed by atoms with Crippen molar-refractivity contribution in [2.24, 2.45) is 0 Å². The van der Waals surface area contributed by atoms with E-state index < -0.39 is 0 Å². The standard InChI is InChI=1S/C13H16N4O2/c1-8-11-12(17-5-3-14-4-6-17)10(9(2)18)7-15-13(11)19-16-8/h7,14H,3-6H2,1-2H3. The Hall–Kier alpha value is -1.95. The Labute approximate surface area is 110 Å². The average Bonchev–Trinajstić information content (AvgIpc) is 2.80. The number of carbonyl (C=O) groups excluding carboxylic acids is 1. The van der Waals surface area contributed by atoms with E-state index in [0.29, 0.717) is 11.3 Å². The van der Waals surface area contributed by atoms with Crippen molar-refractivity contribution in [3.8, 4) is 0 Å². The molecule has 6 nitrogen and oxygen atoms in total. The monoisotopic (exact) mass is 260 g/mol. The number of ketones is 1. The molecular formula is C13H16N4O2. The molecule has 0 spiro atoms. The summed E-state index contributed by atoms with van der Waals surface area (Å²) in [5.41, 5.74) is 2.83. The van der Waals surface area contributed by atoms with Gasteiger partial charge in [-0.15, -0.1) is 0 Å². The van der Waals surface area contributed by atoms with E-state index in [0.717, 1.165) is 42.9 Å². The van der Waals surface area contributed by atoms with Gasteiger partial charge in [0.25, 0.3) is 5.71 Å². The lowest BCUT2D eigenvalue weighted by Crippen LogP contribution is -2.44. The van der Waals surface area contributed by atoms with Crippen molar-refractivity contribution >= 4 is 22.6 Å². The van der Waals surface area contributed by atoms with Gasteiger partial charge in [-0.3, -0.25) is 4.79 Å². The van der Waals surface area contributed by atoms with Crippen LogP contribution in [-0.2, 0) is 0 Å². The number of Topliss-reactive ketones (excluding diaryl/α,β-unsaturated/α-hetero) is 1. The molecule has 0 amide bonds. The minimum atomic E-state index is 0.0172. The van der Waals surface area contributed by atoms with Gasteiger partial charge in [-0.2, -0.15) is 0 Å². The summed E-state index contributed by atoms with van der Waals surface area (Å²) in [7, 11) is 0. The van der Waals surface area contributed by atoms with Gasteiger partial charge >= 0.3 is 0 Å². The SMILES string of the molecule is CC(=O)c1cnc2onc(C)c2c1N1CCNCC1. The van der Waals surface area contributed by atoms with Crippen molar-refractivity contribution in [2.45, 2.75) is 13.8 Å². The highest BCUT2D eigenvalue weighted by Crippen LogP contribution is 2.32. The Morgan fingerprint density at radius 2 is 2.16 bits per heavy atom. The first-order valence-electron chi connectivity index (χ1n) is 6.40. The van der Waals surface area contributed by atoms with Gasteiger partial charge < -0.3 is 14.7 Å². The Balaban J connectivity index is 2.24. The van der Waals surface area contributed by atoms with Gasteiger partial charge in [0.2, 0.25) is 0 Å². The Kier molecular flexibility index (Phi) is 2.94. The predicted octanol–water partition coefficient (Wildman–Crippen LogP) is 1.14. The van der Waals surface area contributed by atoms with E-state index in [4.69, 9.17) is 4.52 Å². The molecule has 0 atom stereocenters. The number of aromatic nitrogens is 2. The zero-order valence-corrected chi connectivity index (χ0v) is 11.1. The molecule has 0 unspecified atom stereocenters. The zero-order chi connectivity index (χ0) is 13.4. The van der Waals surface area contributed by atoms with E-state index in [-0.39, 0.29) is 5.78 Å². The number of hydrogen-bond acceptors (Lipinski definition) is 6. The van der Waals surface area contributed by atoms with Gasteiger partial charge in [0.05, 0.1) is 22.3 Å². The second-order valence-electron chi connectivity index (χ2n) is 4.76. The lowest BCUT2D eigenvalue weighted by Gasteiger charge is -2.31. The van der Waals surface area contributed by atoms with E-state index in [1.54, 1.807) is 13.1 Å². The molecule has 3 heterocycles. The fraction of sp³-hybridized carbons (Fsp3) is 0.462. The van der Waals surface area contributed by atoms with Crippen molar-refractivity contribution < 1.29 is 9.32 Å². The number of aryl methyl sites for hydroxylation is 1. The molecule has 1 aliphatic heterocycles. The van der Waals surface area contributed by atoms with E-state index in [9.17, 15) is 4.79 Å². The van der Waals surface area contributed by atoms with Crippen molar-refractivity contribution in [1.82, 2.24) is 15.5 Å². The van der Waals surface area contributed by atoms with Crippen LogP contribution in [0.25, 0.3) is 11.1 Å². The highest BCUT2D eigenvalue weighted by atomic mass is 16.5. The first-order valence-corrected chi connectivity index (χ1v) is 6.40. The molecule has 1 aliphatic rings. The van der Waals surface area contributed by atoms with Gasteiger partial charge in [0.1, 0.15) is 0 Å². The molecule has 0 aliphatic carbocycles. The summed E-state index contributed by atoms with van der Waals surface area (Å²) in [5.74, 6) is 0.0172. The van der Waals surface area contributed by atoms with Crippen LogP contribution in [0.1, 0.15) is 23.0 Å². The third kappa shape index (κ3) is 1.98. The molecule has 0 saturated carbocycles. The van der Waals surface area contributed by atoms with Crippen LogP contribution in [0.2, 0.25) is 0 Å². The van der Waals surface area contributed by atoms with Gasteiger partial charge in [-0.25, -0.2) is 4.98 Å². The summed E-state index contributed by atoms with van der Waals surface area (Å²) in [6.45, 7) is 6.99. The summed E-state index contributed by atoms with van der Waals surface area (Å²) in [5, 5.41) is 8.13. The van der Waals surface area contributed by atoms with Crippen molar-refractivity contribution in [2.75, 3.05) is 31.1 Å². The molecule has 1 N–H and O–H groups in total. The number of hydrogen-bond donors (Lipinski definition) is 1. The second kappa shape index (κ2) is 4.62. The van der Waals surface area contributed by atoms with Crippen LogP contribution < -0.4 is 10.2 Å². The van der Waals surface area contributed by atoms with Crippen molar-refractivity contribution in [3.05, 3.63) is 17.5 Å². The third-order valence-electron chi connectivity index (χ3n) is 3.46. The third-order valence-corrected chi connectivity index (χ3v) is 3.46. The number of nitrogens with one attached hydrogen (secondary N) is 1. The number of fused-ring (bicyclic) bond motifs is 1. The minimum Gasteiger partial charge on any atom is -0.368 e. The van der Waals surface area contributed by atoms with Crippen molar-refractivity contribution in [1.29, 1.82) is 0 Å². The maximum absolute atomic E-state index is 11.9. The van der Waals surface area contributed by atoms with E-state index in [1.165, 1.54) is 0 Å². The van der Waals surface area contributed by atoms with E-state index in [2.05, 4.69) is 20.4 Å². The van der Waals surface area contributed by atoms with Crippen LogP contribution in [0, 0.1) is 6.92 Å². The number of pyridine rings is 1. The summed E-state index contributed by atoms with van der Waals surface area (Å²) in [6.07, 6.45) is 1.59. The number of carbonyl (C=O) groups is 1. The molecule has 3 rings (SSSR count). The van der Waals surface area contributed by atoms with Crippen LogP contribution >= 0.6 is 0 Å². The first kappa shape index (κ1) is 12.1. The summed E-state index contributed by atoms with van der Waals surface area (Å²) in [4.78, 5) is 18.2. The van der Waals surface area contributed by atoms with Gasteiger partial charge in [-0.1, -0.05) is 5.16 Å². The number of rotatable bonds is 2. The number of piperazine rings is 1. The molecule has 19 heavy (non-hydrogen) atoms. The molecular weight excluding hydrogens is 244 g/mol. The lowest BCUT2D eigenvalue weighted by molar-refractivity contribution is 0.101. The van der Waals surface area contributed by atoms with Gasteiger partial charge in [0, 0.05) is 32.4 Å². The Bertz CT molecular complexity index is 629. The quantitative estimate of drug-likeness (QED) is 0.817. The number of nitrogens with zero attached hydrogens (tertiary/aromatic N) is 3. The molecule has 1 saturated heterocycles. The highest BCUT2D eigenvalue weighted by molar-refractivity contribution is 6.07. The molecule has 100 valence electrons. The number of anilines is 1. The van der Waals surface area contributed by atoms with E-state index in [1.807, 2.05) is 6.92 Å². The summed E-state index contributed by atoms with van der Waals surface area (Å²) >= 11 is 0. The van der Waals surface area contributed by atoms with Crippen LogP contribution in [0.3, 0.4) is 0 Å². The molecule has 0 aromatic carbocycles. The second-order valence-corrected chi connectivity index (χ2v) is 4.76. The fourth-order valence-corrected chi connectivity index (χ4v) is 2.51. The van der Waals surface area contributed by atoms with Gasteiger partial charge in [0.15, 0.2) is 5.78 Å². The minimum absolute atomic E-state index is 0.0172. The van der Waals surface area contributed by atoms with Crippen LogP contribution in [0.15, 0.2) is 10.7 Å². The lowest BCUT2D eigenvalue weighted by atomic mass is 10.1. The molecule has 6 heteroatoms. The highest BCUT2D eigenvalue weighted by Gasteiger charge is 2.23. The Morgan fingerprint density at radius 3 is 2.84 bits per heavy atom. The fourth-order valence-electron chi connectivity index (χ4n) is 2.51. The molecule has 2 aromatic rings. The van der Waals surface area contributed by atoms with Crippen LogP contribution in [0.5, 0.6) is 0 Å². The van der Waals surface area contributed by atoms with E-state index >= 15 is 0 Å². The molecule has 0 bridgehead atoms. The van der Waals surface area contributed by atoms with Gasteiger partial charge in [-0.05, 0) is 13.8 Å². The van der Waals surface area contributed by atoms with Crippen LogP contribution in [0.4, 0.5) is 5.69 Å². The maximum Gasteiger partial charge on any atom is 0.260 e. The zero-order valence-electron chi connectivity index (χ0n) is 11.1. The average molecular weight is 260 g/mol. The molecule has 2 aromatic heterocycles. The topological polar surface area (TPSA) is 71.3 Å². The summed E-state index contributed by atoms with van der Waals surface area (Å²) in [6, 6.07) is 0. The molecule has 0 radical (unpaired) electrons. The normalized spacial score (nSPS) is 16.0. The van der Waals surface area contributed by atoms with Crippen LogP contribution in [-0.4, -0.2) is 42.1 Å². The molecule has 1 fully saturated rings. The largest absolute Gasteiger partial charge is 0.368 e. The smallest absolute Gasteiger partial charge is 0.260 e. The van der Waals surface area contributed by atoms with Crippen molar-refractivity contribution in [3.63, 3.8) is 0 Å². The maximum atomic E-state index is 11.9. The Morgan fingerprint density at radius 1 is 1.42 bits per heavy atom. The summed E-state index contributed by atoms with van der Waals surface area (Å²) < 4.78 is 5.20. The predicted molar refractivity (Wildman–Crippen MR) is 71.6 cm³/mol. The first-order chi connectivity index (χ1) is 9.18.